The van der Waals surface area contributed by atoms with Crippen molar-refractivity contribution in [1.82, 2.24) is 0 Å². The van der Waals surface area contributed by atoms with E-state index >= 15 is 0 Å². The third-order valence-corrected chi connectivity index (χ3v) is 3.83. The molecule has 2 atom stereocenters. The van der Waals surface area contributed by atoms with Crippen LogP contribution in [0.1, 0.15) is 20.3 Å². The Morgan fingerprint density at radius 1 is 1.55 bits per heavy atom. The summed E-state index contributed by atoms with van der Waals surface area (Å²) in [6.07, 6.45) is 0.807. The first-order chi connectivity index (χ1) is 9.92. The van der Waals surface area contributed by atoms with E-state index in [1.165, 1.54) is 0 Å². The minimum absolute atomic E-state index is 0. The summed E-state index contributed by atoms with van der Waals surface area (Å²) in [6, 6.07) is 2.51. The Morgan fingerprint density at radius 3 is 2.86 bits per heavy atom. The molecule has 2 unspecified atom stereocenters. The standard InChI is InChI=1S/C14H18ClN3O3.ClH/c1-3-7(2)13(16)14(20)18-9-5-11-10(4-8(9)15)17-12(19)6-21-11;/h4-5,7,13H,3,6,16H2,1-2H3,(H,17,19)(H,18,20);1H. The molecule has 1 heterocycles. The number of hydrogen-bond donors (Lipinski definition) is 3. The molecule has 0 spiro atoms. The fraction of sp³-hybridized carbons (Fsp3) is 0.429. The van der Waals surface area contributed by atoms with Gasteiger partial charge in [0.15, 0.2) is 6.61 Å². The van der Waals surface area contributed by atoms with Gasteiger partial charge in [0, 0.05) is 6.07 Å². The Hall–Kier alpha value is -1.50. The molecule has 0 saturated heterocycles. The van der Waals surface area contributed by atoms with Crippen LogP contribution in [-0.2, 0) is 9.59 Å². The maximum absolute atomic E-state index is 12.1. The second kappa shape index (κ2) is 7.67. The van der Waals surface area contributed by atoms with Crippen LogP contribution in [0.2, 0.25) is 5.02 Å². The highest BCUT2D eigenvalue weighted by atomic mass is 35.5. The number of anilines is 2. The lowest BCUT2D eigenvalue weighted by atomic mass is 9.99. The normalized spacial score (nSPS) is 15.5. The van der Waals surface area contributed by atoms with Gasteiger partial charge in [-0.1, -0.05) is 31.9 Å². The average Bonchev–Trinajstić information content (AvgIpc) is 2.46. The Bertz CT molecular complexity index is 581. The number of carbonyl (C=O) groups excluding carboxylic acids is 2. The molecular formula is C14H19Cl2N3O3. The molecule has 0 fully saturated rings. The SMILES string of the molecule is CCC(C)C(N)C(=O)Nc1cc2c(cc1Cl)NC(=O)CO2.Cl. The van der Waals surface area contributed by atoms with Crippen molar-refractivity contribution in [2.24, 2.45) is 11.7 Å². The van der Waals surface area contributed by atoms with Gasteiger partial charge in [-0.2, -0.15) is 0 Å². The maximum Gasteiger partial charge on any atom is 0.262 e. The van der Waals surface area contributed by atoms with E-state index < -0.39 is 6.04 Å². The number of benzene rings is 1. The van der Waals surface area contributed by atoms with E-state index in [-0.39, 0.29) is 36.7 Å². The maximum atomic E-state index is 12.1. The van der Waals surface area contributed by atoms with Crippen LogP contribution >= 0.6 is 24.0 Å². The van der Waals surface area contributed by atoms with Gasteiger partial charge >= 0.3 is 0 Å². The molecule has 22 heavy (non-hydrogen) atoms. The first-order valence-corrected chi connectivity index (χ1v) is 7.12. The number of amides is 2. The first kappa shape index (κ1) is 18.5. The van der Waals surface area contributed by atoms with E-state index in [0.717, 1.165) is 6.42 Å². The predicted octanol–water partition coefficient (Wildman–Crippen LogP) is 2.40. The summed E-state index contributed by atoms with van der Waals surface area (Å²) in [5.74, 6) is -0.0106. The zero-order valence-corrected chi connectivity index (χ0v) is 13.9. The molecule has 8 heteroatoms. The zero-order valence-electron chi connectivity index (χ0n) is 12.3. The number of nitrogens with one attached hydrogen (secondary N) is 2. The molecule has 2 amide bonds. The van der Waals surface area contributed by atoms with Crippen LogP contribution in [-0.4, -0.2) is 24.5 Å². The Labute approximate surface area is 140 Å². The van der Waals surface area contributed by atoms with E-state index in [1.54, 1.807) is 12.1 Å². The summed E-state index contributed by atoms with van der Waals surface area (Å²) in [5, 5.41) is 5.65. The van der Waals surface area contributed by atoms with E-state index in [4.69, 9.17) is 22.1 Å². The second-order valence-corrected chi connectivity index (χ2v) is 5.47. The molecule has 1 aliphatic heterocycles. The van der Waals surface area contributed by atoms with Crippen molar-refractivity contribution >= 4 is 47.2 Å². The van der Waals surface area contributed by atoms with Gasteiger partial charge in [0.05, 0.1) is 22.4 Å². The van der Waals surface area contributed by atoms with E-state index in [9.17, 15) is 9.59 Å². The summed E-state index contributed by atoms with van der Waals surface area (Å²) in [6.45, 7) is 3.83. The first-order valence-electron chi connectivity index (χ1n) is 6.75. The highest BCUT2D eigenvalue weighted by Gasteiger charge is 2.22. The van der Waals surface area contributed by atoms with Crippen LogP contribution in [0.3, 0.4) is 0 Å². The van der Waals surface area contributed by atoms with Gasteiger partial charge in [-0.25, -0.2) is 0 Å². The molecule has 2 rings (SSSR count). The van der Waals surface area contributed by atoms with Crippen LogP contribution in [0.15, 0.2) is 12.1 Å². The van der Waals surface area contributed by atoms with E-state index in [2.05, 4.69) is 10.6 Å². The molecule has 0 aromatic heterocycles. The molecule has 0 radical (unpaired) electrons. The Morgan fingerprint density at radius 2 is 2.23 bits per heavy atom. The average molecular weight is 348 g/mol. The van der Waals surface area contributed by atoms with Gasteiger partial charge in [0.2, 0.25) is 5.91 Å². The lowest BCUT2D eigenvalue weighted by Gasteiger charge is -2.21. The number of halogens is 2. The summed E-state index contributed by atoms with van der Waals surface area (Å²) in [4.78, 5) is 23.3. The topological polar surface area (TPSA) is 93.5 Å². The molecular weight excluding hydrogens is 329 g/mol. The van der Waals surface area contributed by atoms with Crippen LogP contribution in [0.4, 0.5) is 11.4 Å². The largest absolute Gasteiger partial charge is 0.482 e. The molecule has 0 aliphatic carbocycles. The number of nitrogens with two attached hydrogens (primary N) is 1. The fourth-order valence-corrected chi connectivity index (χ4v) is 2.14. The van der Waals surface area contributed by atoms with E-state index in [0.29, 0.717) is 22.1 Å². The van der Waals surface area contributed by atoms with Gasteiger partial charge in [-0.3, -0.25) is 9.59 Å². The monoisotopic (exact) mass is 347 g/mol. The van der Waals surface area contributed by atoms with Crippen molar-refractivity contribution in [3.8, 4) is 5.75 Å². The zero-order chi connectivity index (χ0) is 15.6. The molecule has 6 nitrogen and oxygen atoms in total. The highest BCUT2D eigenvalue weighted by molar-refractivity contribution is 6.34. The summed E-state index contributed by atoms with van der Waals surface area (Å²) < 4.78 is 5.29. The van der Waals surface area contributed by atoms with Gasteiger partial charge in [-0.05, 0) is 12.0 Å². The van der Waals surface area contributed by atoms with E-state index in [1.807, 2.05) is 13.8 Å². The second-order valence-electron chi connectivity index (χ2n) is 5.07. The molecule has 0 saturated carbocycles. The Balaban J connectivity index is 0.00000242. The van der Waals surface area contributed by atoms with Gasteiger partial charge in [-0.15, -0.1) is 12.4 Å². The number of rotatable bonds is 4. The fourth-order valence-electron chi connectivity index (χ4n) is 1.92. The molecule has 4 N–H and O–H groups in total. The van der Waals surface area contributed by atoms with Crippen molar-refractivity contribution in [1.29, 1.82) is 0 Å². The molecule has 122 valence electrons. The minimum Gasteiger partial charge on any atom is -0.482 e. The predicted molar refractivity (Wildman–Crippen MR) is 88.9 cm³/mol. The summed E-state index contributed by atoms with van der Waals surface area (Å²) in [7, 11) is 0. The highest BCUT2D eigenvalue weighted by Crippen LogP contribution is 2.36. The van der Waals surface area contributed by atoms with Gasteiger partial charge < -0.3 is 21.1 Å². The number of ether oxygens (including phenoxy) is 1. The summed E-state index contributed by atoms with van der Waals surface area (Å²) >= 11 is 6.11. The number of carbonyl (C=O) groups is 2. The lowest BCUT2D eigenvalue weighted by molar-refractivity contribution is -0.119. The lowest BCUT2D eigenvalue weighted by Crippen LogP contribution is -2.40. The minimum atomic E-state index is -0.609. The van der Waals surface area contributed by atoms with Crippen molar-refractivity contribution in [3.05, 3.63) is 17.2 Å². The summed E-state index contributed by atoms with van der Waals surface area (Å²) in [5.41, 5.74) is 6.78. The third-order valence-electron chi connectivity index (χ3n) is 3.52. The van der Waals surface area contributed by atoms with Crippen LogP contribution in [0.25, 0.3) is 0 Å². The smallest absolute Gasteiger partial charge is 0.262 e. The Kier molecular flexibility index (Phi) is 6.47. The van der Waals surface area contributed by atoms with Crippen molar-refractivity contribution < 1.29 is 14.3 Å². The third kappa shape index (κ3) is 4.03. The molecule has 0 bridgehead atoms. The number of fused-ring (bicyclic) bond motifs is 1. The van der Waals surface area contributed by atoms with Crippen LogP contribution in [0.5, 0.6) is 5.75 Å². The quantitative estimate of drug-likeness (QED) is 0.779. The van der Waals surface area contributed by atoms with Crippen molar-refractivity contribution in [2.45, 2.75) is 26.3 Å². The molecule has 1 aliphatic rings. The van der Waals surface area contributed by atoms with Crippen molar-refractivity contribution in [3.63, 3.8) is 0 Å². The molecule has 1 aromatic carbocycles. The van der Waals surface area contributed by atoms with Crippen molar-refractivity contribution in [2.75, 3.05) is 17.2 Å². The molecule has 1 aromatic rings. The van der Waals surface area contributed by atoms with Gasteiger partial charge in [0.25, 0.3) is 5.91 Å². The van der Waals surface area contributed by atoms with Crippen LogP contribution < -0.4 is 21.1 Å². The number of hydrogen-bond acceptors (Lipinski definition) is 4. The van der Waals surface area contributed by atoms with Crippen LogP contribution in [0, 0.1) is 5.92 Å². The van der Waals surface area contributed by atoms with Gasteiger partial charge in [0.1, 0.15) is 5.75 Å².